The maximum atomic E-state index is 12.2. The third kappa shape index (κ3) is 4.55. The zero-order valence-corrected chi connectivity index (χ0v) is 14.2. The fraction of sp³-hybridized carbons (Fsp3) is 0.471. The van der Waals surface area contributed by atoms with Crippen molar-refractivity contribution < 1.29 is 14.4 Å². The van der Waals surface area contributed by atoms with E-state index in [4.69, 9.17) is 0 Å². The molecule has 24 heavy (non-hydrogen) atoms. The first-order chi connectivity index (χ1) is 11.5. The molecule has 0 saturated heterocycles. The SMILES string of the molecule is CN(C)CCCNC(=O)NCCCN1C(=O)c2ccccc2C1=O. The summed E-state index contributed by atoms with van der Waals surface area (Å²) >= 11 is 0. The molecule has 0 radical (unpaired) electrons. The van der Waals surface area contributed by atoms with E-state index in [1.807, 2.05) is 14.1 Å². The first-order valence-corrected chi connectivity index (χ1v) is 8.12. The van der Waals surface area contributed by atoms with Crippen LogP contribution in [0.3, 0.4) is 0 Å². The van der Waals surface area contributed by atoms with E-state index in [0.717, 1.165) is 13.0 Å². The van der Waals surface area contributed by atoms with Crippen LogP contribution in [0, 0.1) is 0 Å². The Morgan fingerprint density at radius 1 is 1.00 bits per heavy atom. The second-order valence-electron chi connectivity index (χ2n) is 6.00. The second-order valence-corrected chi connectivity index (χ2v) is 6.00. The topological polar surface area (TPSA) is 81.8 Å². The molecule has 130 valence electrons. The van der Waals surface area contributed by atoms with Crippen LogP contribution >= 0.6 is 0 Å². The lowest BCUT2D eigenvalue weighted by atomic mass is 10.1. The zero-order valence-electron chi connectivity index (χ0n) is 14.2. The number of benzene rings is 1. The van der Waals surface area contributed by atoms with Gasteiger partial charge < -0.3 is 15.5 Å². The number of amides is 4. The minimum atomic E-state index is -0.260. The summed E-state index contributed by atoms with van der Waals surface area (Å²) in [5.41, 5.74) is 0.906. The van der Waals surface area contributed by atoms with Gasteiger partial charge in [0.05, 0.1) is 11.1 Å². The molecule has 4 amide bonds. The van der Waals surface area contributed by atoms with Gasteiger partial charge in [0.25, 0.3) is 11.8 Å². The van der Waals surface area contributed by atoms with E-state index in [-0.39, 0.29) is 17.8 Å². The molecule has 1 aliphatic rings. The molecular formula is C17H24N4O3. The monoisotopic (exact) mass is 332 g/mol. The highest BCUT2D eigenvalue weighted by atomic mass is 16.2. The van der Waals surface area contributed by atoms with E-state index in [0.29, 0.717) is 37.2 Å². The number of imide groups is 1. The van der Waals surface area contributed by atoms with Crippen molar-refractivity contribution in [2.24, 2.45) is 0 Å². The fourth-order valence-corrected chi connectivity index (χ4v) is 2.54. The van der Waals surface area contributed by atoms with E-state index in [1.165, 1.54) is 4.90 Å². The van der Waals surface area contributed by atoms with Crippen LogP contribution in [0.25, 0.3) is 0 Å². The molecule has 1 heterocycles. The van der Waals surface area contributed by atoms with Crippen LogP contribution in [0.5, 0.6) is 0 Å². The van der Waals surface area contributed by atoms with Crippen molar-refractivity contribution in [3.05, 3.63) is 35.4 Å². The van der Waals surface area contributed by atoms with E-state index >= 15 is 0 Å². The maximum absolute atomic E-state index is 12.2. The molecule has 0 bridgehead atoms. The summed E-state index contributed by atoms with van der Waals surface area (Å²) < 4.78 is 0. The number of nitrogens with one attached hydrogen (secondary N) is 2. The minimum absolute atomic E-state index is 0.226. The molecule has 2 N–H and O–H groups in total. The molecular weight excluding hydrogens is 308 g/mol. The van der Waals surface area contributed by atoms with E-state index < -0.39 is 0 Å². The van der Waals surface area contributed by atoms with Gasteiger partial charge in [0.2, 0.25) is 0 Å². The van der Waals surface area contributed by atoms with Gasteiger partial charge in [0.1, 0.15) is 0 Å². The lowest BCUT2D eigenvalue weighted by molar-refractivity contribution is 0.0653. The highest BCUT2D eigenvalue weighted by Crippen LogP contribution is 2.22. The second kappa shape index (κ2) is 8.44. The van der Waals surface area contributed by atoms with E-state index in [2.05, 4.69) is 15.5 Å². The molecule has 1 aromatic carbocycles. The summed E-state index contributed by atoms with van der Waals surface area (Å²) in [5, 5.41) is 5.51. The summed E-state index contributed by atoms with van der Waals surface area (Å²) in [4.78, 5) is 39.2. The quantitative estimate of drug-likeness (QED) is 0.548. The lowest BCUT2D eigenvalue weighted by Gasteiger charge is -2.14. The Bertz CT molecular complexity index is 581. The molecule has 1 aliphatic heterocycles. The molecule has 0 fully saturated rings. The van der Waals surface area contributed by atoms with Crippen molar-refractivity contribution in [2.45, 2.75) is 12.8 Å². The van der Waals surface area contributed by atoms with Crippen LogP contribution in [0.4, 0.5) is 4.79 Å². The number of urea groups is 1. The molecule has 0 aromatic heterocycles. The van der Waals surface area contributed by atoms with Gasteiger partial charge in [0, 0.05) is 19.6 Å². The number of carbonyl (C=O) groups excluding carboxylic acids is 3. The van der Waals surface area contributed by atoms with Crippen LogP contribution in [0.15, 0.2) is 24.3 Å². The average Bonchev–Trinajstić information content (AvgIpc) is 2.80. The van der Waals surface area contributed by atoms with E-state index in [1.54, 1.807) is 24.3 Å². The van der Waals surface area contributed by atoms with Crippen molar-refractivity contribution >= 4 is 17.8 Å². The number of fused-ring (bicyclic) bond motifs is 1. The van der Waals surface area contributed by atoms with Gasteiger partial charge in [-0.2, -0.15) is 0 Å². The lowest BCUT2D eigenvalue weighted by Crippen LogP contribution is -2.39. The first-order valence-electron chi connectivity index (χ1n) is 8.12. The Hall–Kier alpha value is -2.41. The molecule has 7 nitrogen and oxygen atoms in total. The van der Waals surface area contributed by atoms with Gasteiger partial charge in [-0.15, -0.1) is 0 Å². The van der Waals surface area contributed by atoms with Crippen molar-refractivity contribution in [3.8, 4) is 0 Å². The molecule has 0 atom stereocenters. The van der Waals surface area contributed by atoms with Gasteiger partial charge >= 0.3 is 6.03 Å². The molecule has 0 spiro atoms. The van der Waals surface area contributed by atoms with Crippen LogP contribution in [0.2, 0.25) is 0 Å². The van der Waals surface area contributed by atoms with Crippen molar-refractivity contribution in [2.75, 3.05) is 40.3 Å². The first kappa shape index (κ1) is 17.9. The van der Waals surface area contributed by atoms with Crippen LogP contribution in [-0.4, -0.2) is 67.9 Å². The minimum Gasteiger partial charge on any atom is -0.338 e. The summed E-state index contributed by atoms with van der Waals surface area (Å²) in [6.45, 7) is 2.24. The number of carbonyl (C=O) groups is 3. The predicted octanol–water partition coefficient (Wildman–Crippen LogP) is 0.924. The molecule has 0 saturated carbocycles. The number of rotatable bonds is 8. The molecule has 1 aromatic rings. The highest BCUT2D eigenvalue weighted by Gasteiger charge is 2.34. The summed E-state index contributed by atoms with van der Waals surface area (Å²) in [5.74, 6) is -0.521. The normalized spacial score (nSPS) is 13.4. The molecule has 7 heteroatoms. The number of nitrogens with zero attached hydrogens (tertiary/aromatic N) is 2. The molecule has 2 rings (SSSR count). The summed E-state index contributed by atoms with van der Waals surface area (Å²) in [6.07, 6.45) is 1.41. The van der Waals surface area contributed by atoms with Crippen LogP contribution in [0.1, 0.15) is 33.6 Å². The van der Waals surface area contributed by atoms with Crippen molar-refractivity contribution in [3.63, 3.8) is 0 Å². The smallest absolute Gasteiger partial charge is 0.314 e. The average molecular weight is 332 g/mol. The van der Waals surface area contributed by atoms with Gasteiger partial charge in [0.15, 0.2) is 0 Å². The third-order valence-corrected chi connectivity index (χ3v) is 3.79. The molecule has 0 unspecified atom stereocenters. The van der Waals surface area contributed by atoms with Gasteiger partial charge in [-0.05, 0) is 45.6 Å². The summed E-state index contributed by atoms with van der Waals surface area (Å²) in [7, 11) is 3.97. The van der Waals surface area contributed by atoms with Gasteiger partial charge in [-0.3, -0.25) is 14.5 Å². The molecule has 0 aliphatic carbocycles. The Morgan fingerprint density at radius 2 is 1.54 bits per heavy atom. The summed E-state index contributed by atoms with van der Waals surface area (Å²) in [6, 6.07) is 6.59. The van der Waals surface area contributed by atoms with Crippen molar-refractivity contribution in [1.82, 2.24) is 20.4 Å². The largest absolute Gasteiger partial charge is 0.338 e. The Balaban J connectivity index is 1.66. The Labute approximate surface area is 142 Å². The van der Waals surface area contributed by atoms with Gasteiger partial charge in [-0.25, -0.2) is 4.79 Å². The highest BCUT2D eigenvalue weighted by molar-refractivity contribution is 6.21. The zero-order chi connectivity index (χ0) is 17.5. The Morgan fingerprint density at radius 3 is 2.08 bits per heavy atom. The van der Waals surface area contributed by atoms with E-state index in [9.17, 15) is 14.4 Å². The third-order valence-electron chi connectivity index (χ3n) is 3.79. The Kier molecular flexibility index (Phi) is 6.31. The number of hydrogen-bond acceptors (Lipinski definition) is 4. The van der Waals surface area contributed by atoms with Crippen molar-refractivity contribution in [1.29, 1.82) is 0 Å². The predicted molar refractivity (Wildman–Crippen MR) is 91.0 cm³/mol. The maximum Gasteiger partial charge on any atom is 0.314 e. The number of hydrogen-bond donors (Lipinski definition) is 2. The standard InChI is InChI=1S/C17H24N4O3/c1-20(2)11-5-9-18-17(24)19-10-6-12-21-15(22)13-7-3-4-8-14(13)16(21)23/h3-4,7-8H,5-6,9-12H2,1-2H3,(H2,18,19,24). The fourth-order valence-electron chi connectivity index (χ4n) is 2.54. The van der Waals surface area contributed by atoms with Crippen LogP contribution < -0.4 is 10.6 Å². The van der Waals surface area contributed by atoms with Crippen LogP contribution in [-0.2, 0) is 0 Å². The van der Waals surface area contributed by atoms with Gasteiger partial charge in [-0.1, -0.05) is 12.1 Å².